The average molecular weight is 387 g/mol. The summed E-state index contributed by atoms with van der Waals surface area (Å²) in [6.07, 6.45) is 7.32. The predicted octanol–water partition coefficient (Wildman–Crippen LogP) is 4.49. The Labute approximate surface area is 174 Å². The van der Waals surface area contributed by atoms with Crippen LogP contribution in [0.3, 0.4) is 0 Å². The number of fused-ring (bicyclic) bond motifs is 1. The molecule has 0 aliphatic carbocycles. The summed E-state index contributed by atoms with van der Waals surface area (Å²) in [5.74, 6) is 6.27. The van der Waals surface area contributed by atoms with E-state index >= 15 is 0 Å². The second kappa shape index (κ2) is 7.61. The molecule has 0 spiro atoms. The Kier molecular flexibility index (Phi) is 4.51. The maximum Gasteiger partial charge on any atom is 0.132 e. The molecule has 0 amide bonds. The number of aromatic nitrogens is 5. The summed E-state index contributed by atoms with van der Waals surface area (Å²) < 4.78 is 1.83. The smallest absolute Gasteiger partial charge is 0.132 e. The summed E-state index contributed by atoms with van der Waals surface area (Å²) in [7, 11) is 1.93. The zero-order valence-electron chi connectivity index (χ0n) is 16.3. The van der Waals surface area contributed by atoms with E-state index in [1.165, 1.54) is 0 Å². The van der Waals surface area contributed by atoms with E-state index in [4.69, 9.17) is 0 Å². The molecule has 0 aliphatic rings. The molecule has 3 aromatic heterocycles. The zero-order chi connectivity index (χ0) is 20.3. The number of pyridine rings is 1. The maximum absolute atomic E-state index is 4.65. The number of nitrogens with zero attached hydrogens (tertiary/aromatic N) is 5. The van der Waals surface area contributed by atoms with Crippen molar-refractivity contribution in [3.63, 3.8) is 0 Å². The van der Waals surface area contributed by atoms with Gasteiger partial charge in [-0.3, -0.25) is 14.6 Å². The minimum Gasteiger partial charge on any atom is -0.275 e. The Bertz CT molecular complexity index is 1390. The number of rotatable bonds is 2. The highest BCUT2D eigenvalue weighted by Crippen LogP contribution is 2.30. The van der Waals surface area contributed by atoms with Gasteiger partial charge < -0.3 is 0 Å². The maximum atomic E-state index is 4.65. The first-order valence-electron chi connectivity index (χ1n) is 9.54. The largest absolute Gasteiger partial charge is 0.275 e. The highest BCUT2D eigenvalue weighted by molar-refractivity contribution is 5.80. The van der Waals surface area contributed by atoms with E-state index in [0.29, 0.717) is 5.69 Å². The normalized spacial score (nSPS) is 10.6. The molecule has 0 radical (unpaired) electrons. The van der Waals surface area contributed by atoms with E-state index in [2.05, 4.69) is 31.9 Å². The van der Waals surface area contributed by atoms with Gasteiger partial charge in [-0.15, -0.1) is 0 Å². The highest BCUT2D eigenvalue weighted by Gasteiger charge is 2.11. The summed E-state index contributed by atoms with van der Waals surface area (Å²) in [6, 6.07) is 19.9. The first kappa shape index (κ1) is 17.8. The lowest BCUT2D eigenvalue weighted by molar-refractivity contribution is 0.771. The first-order chi connectivity index (χ1) is 14.8. The van der Waals surface area contributed by atoms with Gasteiger partial charge in [0.15, 0.2) is 0 Å². The van der Waals surface area contributed by atoms with Gasteiger partial charge in [0.2, 0.25) is 0 Å². The fourth-order valence-electron chi connectivity index (χ4n) is 3.31. The van der Waals surface area contributed by atoms with Crippen molar-refractivity contribution in [1.29, 1.82) is 0 Å². The lowest BCUT2D eigenvalue weighted by Crippen LogP contribution is -1.89. The molecule has 142 valence electrons. The molecule has 5 heteroatoms. The molecule has 0 fully saturated rings. The van der Waals surface area contributed by atoms with Crippen molar-refractivity contribution in [3.8, 4) is 34.2 Å². The molecule has 5 nitrogen and oxygen atoms in total. The fraction of sp³-hybridized carbons (Fsp3) is 0.0400. The predicted molar refractivity (Wildman–Crippen MR) is 117 cm³/mol. The zero-order valence-corrected chi connectivity index (χ0v) is 16.3. The van der Waals surface area contributed by atoms with Crippen LogP contribution in [0.2, 0.25) is 0 Å². The van der Waals surface area contributed by atoms with Gasteiger partial charge in [-0.2, -0.15) is 5.10 Å². The Morgan fingerprint density at radius 2 is 1.57 bits per heavy atom. The molecule has 0 aliphatic heterocycles. The van der Waals surface area contributed by atoms with Crippen LogP contribution in [-0.4, -0.2) is 24.7 Å². The number of hydrogen-bond donors (Lipinski definition) is 0. The summed E-state index contributed by atoms with van der Waals surface area (Å²) in [4.78, 5) is 13.1. The SMILES string of the molecule is Cn1cc(-c2ccncc2)c(-c2ccc(C#Cc3cnc4ccccc4n3)cc2)n1. The van der Waals surface area contributed by atoms with Crippen molar-refractivity contribution in [2.75, 3.05) is 0 Å². The van der Waals surface area contributed by atoms with E-state index < -0.39 is 0 Å². The minimum atomic E-state index is 0.655. The molecule has 0 bridgehead atoms. The first-order valence-corrected chi connectivity index (χ1v) is 9.54. The van der Waals surface area contributed by atoms with E-state index in [0.717, 1.165) is 39.0 Å². The highest BCUT2D eigenvalue weighted by atomic mass is 15.2. The molecule has 0 saturated heterocycles. The molecule has 5 aromatic rings. The van der Waals surface area contributed by atoms with E-state index in [1.807, 2.05) is 78.6 Å². The molecule has 0 N–H and O–H groups in total. The number of aryl methyl sites for hydroxylation is 1. The molecule has 30 heavy (non-hydrogen) atoms. The van der Waals surface area contributed by atoms with Crippen LogP contribution in [0.1, 0.15) is 11.3 Å². The Morgan fingerprint density at radius 1 is 0.800 bits per heavy atom. The van der Waals surface area contributed by atoms with Crippen molar-refractivity contribution in [1.82, 2.24) is 24.7 Å². The third-order valence-electron chi connectivity index (χ3n) is 4.76. The Morgan fingerprint density at radius 3 is 2.37 bits per heavy atom. The summed E-state index contributed by atoms with van der Waals surface area (Å²) in [5, 5.41) is 4.65. The van der Waals surface area contributed by atoms with Crippen LogP contribution in [0.5, 0.6) is 0 Å². The molecule has 2 aromatic carbocycles. The molecule has 0 saturated carbocycles. The van der Waals surface area contributed by atoms with Crippen LogP contribution < -0.4 is 0 Å². The molecule has 0 atom stereocenters. The second-order valence-electron chi connectivity index (χ2n) is 6.87. The van der Waals surface area contributed by atoms with Crippen LogP contribution in [0.4, 0.5) is 0 Å². The second-order valence-corrected chi connectivity index (χ2v) is 6.87. The molecule has 3 heterocycles. The van der Waals surface area contributed by atoms with E-state index in [-0.39, 0.29) is 0 Å². The van der Waals surface area contributed by atoms with Gasteiger partial charge >= 0.3 is 0 Å². The van der Waals surface area contributed by atoms with E-state index in [1.54, 1.807) is 18.6 Å². The van der Waals surface area contributed by atoms with Gasteiger partial charge in [-0.05, 0) is 47.9 Å². The Hall–Kier alpha value is -4.30. The van der Waals surface area contributed by atoms with Crippen molar-refractivity contribution in [3.05, 3.63) is 96.7 Å². The van der Waals surface area contributed by atoms with Gasteiger partial charge in [0, 0.05) is 42.3 Å². The monoisotopic (exact) mass is 387 g/mol. The number of hydrogen-bond acceptors (Lipinski definition) is 4. The molecular formula is C25H17N5. The van der Waals surface area contributed by atoms with E-state index in [9.17, 15) is 0 Å². The van der Waals surface area contributed by atoms with Crippen molar-refractivity contribution in [2.24, 2.45) is 7.05 Å². The average Bonchev–Trinajstić information content (AvgIpc) is 3.20. The number of para-hydroxylation sites is 2. The standard InChI is InChI=1S/C25H17N5/c1-30-17-22(19-12-14-26-15-13-19)25(29-30)20-9-6-18(7-10-20)8-11-21-16-27-23-4-2-3-5-24(23)28-21/h2-7,9-10,12-17H,1H3. The van der Waals surface area contributed by atoms with Gasteiger partial charge in [0.05, 0.1) is 17.2 Å². The molecule has 0 unspecified atom stereocenters. The number of benzene rings is 2. The lowest BCUT2D eigenvalue weighted by Gasteiger charge is -2.03. The Balaban J connectivity index is 1.44. The van der Waals surface area contributed by atoms with Crippen molar-refractivity contribution < 1.29 is 0 Å². The summed E-state index contributed by atoms with van der Waals surface area (Å²) in [6.45, 7) is 0. The molecular weight excluding hydrogens is 370 g/mol. The van der Waals surface area contributed by atoms with Gasteiger partial charge in [0.1, 0.15) is 11.4 Å². The third kappa shape index (κ3) is 3.54. The van der Waals surface area contributed by atoms with Crippen LogP contribution in [-0.2, 0) is 7.05 Å². The van der Waals surface area contributed by atoms with Crippen LogP contribution in [0.25, 0.3) is 33.4 Å². The topological polar surface area (TPSA) is 56.5 Å². The van der Waals surface area contributed by atoms with Crippen LogP contribution in [0.15, 0.2) is 85.5 Å². The summed E-state index contributed by atoms with van der Waals surface area (Å²) >= 11 is 0. The van der Waals surface area contributed by atoms with Crippen molar-refractivity contribution in [2.45, 2.75) is 0 Å². The third-order valence-corrected chi connectivity index (χ3v) is 4.76. The summed E-state index contributed by atoms with van der Waals surface area (Å²) in [5.41, 5.74) is 7.42. The van der Waals surface area contributed by atoms with Gasteiger partial charge in [0.25, 0.3) is 0 Å². The van der Waals surface area contributed by atoms with Crippen molar-refractivity contribution >= 4 is 11.0 Å². The van der Waals surface area contributed by atoms with Gasteiger partial charge in [-0.1, -0.05) is 30.2 Å². The lowest BCUT2D eigenvalue weighted by atomic mass is 10.0. The minimum absolute atomic E-state index is 0.655. The van der Waals surface area contributed by atoms with Crippen LogP contribution >= 0.6 is 0 Å². The van der Waals surface area contributed by atoms with Crippen LogP contribution in [0, 0.1) is 11.8 Å². The quantitative estimate of drug-likeness (QED) is 0.419. The van der Waals surface area contributed by atoms with Gasteiger partial charge in [-0.25, -0.2) is 4.98 Å². The molecule has 5 rings (SSSR count). The fourth-order valence-corrected chi connectivity index (χ4v) is 3.31.